The molecule has 0 amide bonds. The van der Waals surface area contributed by atoms with Gasteiger partial charge in [-0.2, -0.15) is 0 Å². The summed E-state index contributed by atoms with van der Waals surface area (Å²) in [5.41, 5.74) is 5.82. The zero-order valence-electron chi connectivity index (χ0n) is 10.3. The third-order valence-corrected chi connectivity index (χ3v) is 3.20. The van der Waals surface area contributed by atoms with Crippen LogP contribution in [0.25, 0.3) is 0 Å². The average molecular weight is 215 g/mol. The van der Waals surface area contributed by atoms with E-state index < -0.39 is 0 Å². The second kappa shape index (κ2) is 5.20. The predicted octanol–water partition coefficient (Wildman–Crippen LogP) is 3.94. The lowest BCUT2D eigenvalue weighted by atomic mass is 9.90. The van der Waals surface area contributed by atoms with Gasteiger partial charge in [0.2, 0.25) is 0 Å². The summed E-state index contributed by atoms with van der Waals surface area (Å²) in [6, 6.07) is 6.67. The third kappa shape index (κ3) is 2.66. The fourth-order valence-electron chi connectivity index (χ4n) is 2.31. The van der Waals surface area contributed by atoms with Gasteiger partial charge in [0.25, 0.3) is 0 Å². The molecule has 86 valence electrons. The Morgan fingerprint density at radius 1 is 1.25 bits per heavy atom. The van der Waals surface area contributed by atoms with Crippen LogP contribution in [0.15, 0.2) is 29.8 Å². The van der Waals surface area contributed by atoms with Gasteiger partial charge >= 0.3 is 0 Å². The van der Waals surface area contributed by atoms with Gasteiger partial charge in [-0.1, -0.05) is 23.8 Å². The molecular weight excluding hydrogens is 194 g/mol. The van der Waals surface area contributed by atoms with Crippen LogP contribution >= 0.6 is 0 Å². The Hall–Kier alpha value is -1.24. The summed E-state index contributed by atoms with van der Waals surface area (Å²) in [7, 11) is 0. The number of aryl methyl sites for hydroxylation is 1. The topological polar surface area (TPSA) is 12.0 Å². The van der Waals surface area contributed by atoms with Crippen LogP contribution in [0.5, 0.6) is 0 Å². The molecule has 1 aromatic carbocycles. The van der Waals surface area contributed by atoms with E-state index in [1.165, 1.54) is 36.9 Å². The highest BCUT2D eigenvalue weighted by molar-refractivity contribution is 5.55. The van der Waals surface area contributed by atoms with Crippen molar-refractivity contribution >= 4 is 5.69 Å². The number of benzene rings is 1. The van der Waals surface area contributed by atoms with Gasteiger partial charge in [-0.15, -0.1) is 0 Å². The molecule has 1 nitrogen and oxygen atoms in total. The minimum Gasteiger partial charge on any atom is -0.381 e. The molecular formula is C15H21N. The van der Waals surface area contributed by atoms with Crippen molar-refractivity contribution in [1.29, 1.82) is 0 Å². The summed E-state index contributed by atoms with van der Waals surface area (Å²) in [5, 5.41) is 3.53. The van der Waals surface area contributed by atoms with E-state index in [0.717, 1.165) is 6.54 Å². The minimum atomic E-state index is 0.943. The van der Waals surface area contributed by atoms with Gasteiger partial charge in [0.1, 0.15) is 0 Å². The largest absolute Gasteiger partial charge is 0.381 e. The lowest BCUT2D eigenvalue weighted by Crippen LogP contribution is -2.08. The number of nitrogens with one attached hydrogen (secondary N) is 1. The van der Waals surface area contributed by atoms with Crippen LogP contribution in [0.1, 0.15) is 37.8 Å². The van der Waals surface area contributed by atoms with Crippen molar-refractivity contribution in [1.82, 2.24) is 0 Å². The molecule has 0 radical (unpaired) electrons. The third-order valence-electron chi connectivity index (χ3n) is 3.20. The quantitative estimate of drug-likeness (QED) is 0.753. The van der Waals surface area contributed by atoms with E-state index in [-0.39, 0.29) is 0 Å². The van der Waals surface area contributed by atoms with Crippen LogP contribution in [-0.2, 0) is 12.8 Å². The Morgan fingerprint density at radius 3 is 2.88 bits per heavy atom. The van der Waals surface area contributed by atoms with Gasteiger partial charge in [-0.3, -0.25) is 0 Å². The molecule has 0 aromatic heterocycles. The molecule has 1 aliphatic rings. The number of rotatable bonds is 3. The normalized spacial score (nSPS) is 14.1. The van der Waals surface area contributed by atoms with E-state index in [2.05, 4.69) is 43.4 Å². The maximum absolute atomic E-state index is 3.53. The summed E-state index contributed by atoms with van der Waals surface area (Å²) < 4.78 is 0. The molecule has 1 heteroatoms. The van der Waals surface area contributed by atoms with Gasteiger partial charge in [0, 0.05) is 12.2 Å². The number of fused-ring (bicyclic) bond motifs is 1. The molecule has 1 aliphatic carbocycles. The number of hydrogen-bond donors (Lipinski definition) is 1. The smallest absolute Gasteiger partial charge is 0.0377 e. The molecule has 0 atom stereocenters. The van der Waals surface area contributed by atoms with Crippen molar-refractivity contribution in [3.05, 3.63) is 41.0 Å². The van der Waals surface area contributed by atoms with Crippen LogP contribution in [-0.4, -0.2) is 6.54 Å². The molecule has 2 rings (SSSR count). The van der Waals surface area contributed by atoms with Crippen LogP contribution in [0, 0.1) is 0 Å². The van der Waals surface area contributed by atoms with Gasteiger partial charge in [0.05, 0.1) is 0 Å². The molecule has 0 spiro atoms. The highest BCUT2D eigenvalue weighted by Crippen LogP contribution is 2.27. The van der Waals surface area contributed by atoms with Crippen molar-refractivity contribution in [3.8, 4) is 0 Å². The summed E-state index contributed by atoms with van der Waals surface area (Å²) in [6.07, 6.45) is 7.43. The number of hydrogen-bond acceptors (Lipinski definition) is 1. The summed E-state index contributed by atoms with van der Waals surface area (Å²) in [5.74, 6) is 0. The molecule has 0 saturated carbocycles. The summed E-state index contributed by atoms with van der Waals surface area (Å²) in [4.78, 5) is 0. The SMILES string of the molecule is CC(C)=CCNc1cccc2c1CCCC2. The molecule has 0 unspecified atom stereocenters. The molecule has 0 fully saturated rings. The molecule has 0 heterocycles. The first-order valence-corrected chi connectivity index (χ1v) is 6.25. The number of allylic oxidation sites excluding steroid dienone is 1. The fraction of sp³-hybridized carbons (Fsp3) is 0.467. The van der Waals surface area contributed by atoms with Gasteiger partial charge in [-0.05, 0) is 56.7 Å². The average Bonchev–Trinajstić information content (AvgIpc) is 2.29. The highest BCUT2D eigenvalue weighted by Gasteiger charge is 2.11. The Bertz CT molecular complexity index is 386. The van der Waals surface area contributed by atoms with E-state index in [4.69, 9.17) is 0 Å². The van der Waals surface area contributed by atoms with Gasteiger partial charge < -0.3 is 5.32 Å². The lowest BCUT2D eigenvalue weighted by Gasteiger charge is -2.19. The van der Waals surface area contributed by atoms with Crippen molar-refractivity contribution in [2.24, 2.45) is 0 Å². The maximum atomic E-state index is 3.53. The monoisotopic (exact) mass is 215 g/mol. The van der Waals surface area contributed by atoms with Crippen LogP contribution in [0.4, 0.5) is 5.69 Å². The van der Waals surface area contributed by atoms with Crippen LogP contribution in [0.2, 0.25) is 0 Å². The molecule has 1 N–H and O–H groups in total. The highest BCUT2D eigenvalue weighted by atomic mass is 14.9. The zero-order chi connectivity index (χ0) is 11.4. The zero-order valence-corrected chi connectivity index (χ0v) is 10.3. The molecule has 1 aromatic rings. The van der Waals surface area contributed by atoms with E-state index in [9.17, 15) is 0 Å². The second-order valence-corrected chi connectivity index (χ2v) is 4.81. The summed E-state index contributed by atoms with van der Waals surface area (Å²) >= 11 is 0. The fourth-order valence-corrected chi connectivity index (χ4v) is 2.31. The van der Waals surface area contributed by atoms with E-state index >= 15 is 0 Å². The van der Waals surface area contributed by atoms with E-state index in [0.29, 0.717) is 0 Å². The minimum absolute atomic E-state index is 0.943. The van der Waals surface area contributed by atoms with Gasteiger partial charge in [-0.25, -0.2) is 0 Å². The molecule has 0 aliphatic heterocycles. The second-order valence-electron chi connectivity index (χ2n) is 4.81. The Labute approximate surface area is 98.6 Å². The molecule has 0 saturated heterocycles. The first kappa shape index (κ1) is 11.3. The Kier molecular flexibility index (Phi) is 3.66. The standard InChI is InChI=1S/C15H21N/c1-12(2)10-11-16-15-9-5-7-13-6-3-4-8-14(13)15/h5,7,9-10,16H,3-4,6,8,11H2,1-2H3. The predicted molar refractivity (Wildman–Crippen MR) is 71.0 cm³/mol. The van der Waals surface area contributed by atoms with Crippen molar-refractivity contribution in [2.45, 2.75) is 39.5 Å². The Balaban J connectivity index is 2.11. The summed E-state index contributed by atoms with van der Waals surface area (Å²) in [6.45, 7) is 5.23. The van der Waals surface area contributed by atoms with E-state index in [1.807, 2.05) is 0 Å². The lowest BCUT2D eigenvalue weighted by molar-refractivity contribution is 0.686. The first-order valence-electron chi connectivity index (χ1n) is 6.25. The van der Waals surface area contributed by atoms with Crippen molar-refractivity contribution < 1.29 is 0 Å². The van der Waals surface area contributed by atoms with Crippen LogP contribution in [0.3, 0.4) is 0 Å². The van der Waals surface area contributed by atoms with E-state index in [1.54, 1.807) is 11.1 Å². The van der Waals surface area contributed by atoms with Gasteiger partial charge in [0.15, 0.2) is 0 Å². The number of anilines is 1. The molecule has 16 heavy (non-hydrogen) atoms. The van der Waals surface area contributed by atoms with Crippen molar-refractivity contribution in [2.75, 3.05) is 11.9 Å². The maximum Gasteiger partial charge on any atom is 0.0377 e. The Morgan fingerprint density at radius 2 is 2.06 bits per heavy atom. The first-order chi connectivity index (χ1) is 7.77. The molecule has 0 bridgehead atoms. The van der Waals surface area contributed by atoms with Crippen LogP contribution < -0.4 is 5.32 Å². The van der Waals surface area contributed by atoms with Crippen molar-refractivity contribution in [3.63, 3.8) is 0 Å².